The molecule has 0 atom stereocenters. The third kappa shape index (κ3) is 4.19. The highest BCUT2D eigenvalue weighted by Gasteiger charge is 2.35. The lowest BCUT2D eigenvalue weighted by molar-refractivity contribution is 0.0695. The number of pyridine rings is 1. The Bertz CT molecular complexity index is 1090. The Morgan fingerprint density at radius 1 is 1.34 bits per heavy atom. The van der Waals surface area contributed by atoms with E-state index in [1.165, 1.54) is 13.3 Å². The molecule has 4 rings (SSSR count). The van der Waals surface area contributed by atoms with Gasteiger partial charge in [-0.05, 0) is 31.7 Å². The van der Waals surface area contributed by atoms with Gasteiger partial charge in [-0.3, -0.25) is 4.79 Å². The van der Waals surface area contributed by atoms with Crippen molar-refractivity contribution in [1.82, 2.24) is 4.57 Å². The van der Waals surface area contributed by atoms with E-state index in [9.17, 15) is 19.6 Å². The number of ether oxygens (including phenoxy) is 1. The summed E-state index contributed by atoms with van der Waals surface area (Å²) in [7, 11) is 1.40. The molecule has 0 bridgehead atoms. The fourth-order valence-electron chi connectivity index (χ4n) is 4.19. The molecule has 2 fully saturated rings. The molecule has 0 unspecified atom stereocenters. The molecule has 1 saturated carbocycles. The van der Waals surface area contributed by atoms with E-state index in [2.05, 4.69) is 5.18 Å². The highest BCUT2D eigenvalue weighted by molar-refractivity contribution is 5.97. The molecule has 3 N–H and O–H groups in total. The first-order chi connectivity index (χ1) is 15.3. The molecule has 1 aromatic heterocycles. The number of aromatic nitrogens is 1. The summed E-state index contributed by atoms with van der Waals surface area (Å²) in [5, 5.41) is 12.3. The van der Waals surface area contributed by atoms with Crippen LogP contribution >= 0.6 is 0 Å². The fourth-order valence-corrected chi connectivity index (χ4v) is 4.19. The van der Waals surface area contributed by atoms with Crippen LogP contribution in [0.2, 0.25) is 0 Å². The van der Waals surface area contributed by atoms with Crippen molar-refractivity contribution in [3.8, 4) is 5.75 Å². The third-order valence-corrected chi connectivity index (χ3v) is 6.03. The molecule has 2 heterocycles. The maximum absolute atomic E-state index is 15.2. The summed E-state index contributed by atoms with van der Waals surface area (Å²) >= 11 is 0. The molecular weight excluding hydrogens is 419 g/mol. The monoisotopic (exact) mass is 448 g/mol. The van der Waals surface area contributed by atoms with E-state index < -0.39 is 28.3 Å². The van der Waals surface area contributed by atoms with E-state index in [1.54, 1.807) is 9.47 Å². The molecule has 32 heavy (non-hydrogen) atoms. The van der Waals surface area contributed by atoms with Crippen LogP contribution in [0.3, 0.4) is 0 Å². The number of nitrogens with zero attached hydrogens (tertiary/aromatic N) is 3. The smallest absolute Gasteiger partial charge is 0.341 e. The maximum atomic E-state index is 15.2. The number of halogens is 1. The molecule has 1 aliphatic carbocycles. The number of methoxy groups -OCH3 is 1. The number of rotatable bonds is 6. The van der Waals surface area contributed by atoms with Gasteiger partial charge < -0.3 is 25.0 Å². The first-order valence-corrected chi connectivity index (χ1v) is 10.8. The van der Waals surface area contributed by atoms with Crippen molar-refractivity contribution in [1.29, 1.82) is 0 Å². The minimum atomic E-state index is -1.35. The van der Waals surface area contributed by atoms with Gasteiger partial charge in [0.05, 0.1) is 24.6 Å². The highest BCUT2D eigenvalue weighted by atomic mass is 19.1. The average molecular weight is 448 g/mol. The lowest BCUT2D eigenvalue weighted by Gasteiger charge is -2.39. The summed E-state index contributed by atoms with van der Waals surface area (Å²) in [5.41, 5.74) is 4.95. The van der Waals surface area contributed by atoms with Gasteiger partial charge in [0.1, 0.15) is 11.3 Å². The number of benzene rings is 1. The Balaban J connectivity index is 0.00000141. The minimum absolute atomic E-state index is 0.00261. The SMILES string of the molecule is CC.COc1c(N2CCC(N)(CN=O)CC2)c(F)cc2c(=O)c(C(=O)O)cn(C3CC3)c12. The zero-order chi connectivity index (χ0) is 23.6. The quantitative estimate of drug-likeness (QED) is 0.649. The van der Waals surface area contributed by atoms with Crippen molar-refractivity contribution in [2.24, 2.45) is 10.9 Å². The average Bonchev–Trinajstić information content (AvgIpc) is 3.61. The van der Waals surface area contributed by atoms with Gasteiger partial charge in [-0.1, -0.05) is 19.0 Å². The number of nitrogens with two attached hydrogens (primary N) is 1. The summed E-state index contributed by atoms with van der Waals surface area (Å²) < 4.78 is 22.5. The van der Waals surface area contributed by atoms with Crippen LogP contribution in [-0.4, -0.2) is 47.9 Å². The van der Waals surface area contributed by atoms with Crippen LogP contribution in [0.1, 0.15) is 55.9 Å². The molecule has 1 saturated heterocycles. The zero-order valence-corrected chi connectivity index (χ0v) is 18.6. The van der Waals surface area contributed by atoms with Crippen LogP contribution in [-0.2, 0) is 0 Å². The second kappa shape index (κ2) is 9.23. The van der Waals surface area contributed by atoms with Crippen LogP contribution < -0.4 is 20.8 Å². The normalized spacial score (nSPS) is 17.5. The van der Waals surface area contributed by atoms with Gasteiger partial charge in [0, 0.05) is 30.9 Å². The number of piperidine rings is 1. The van der Waals surface area contributed by atoms with E-state index >= 15 is 4.39 Å². The number of hydrogen-bond donors (Lipinski definition) is 2. The summed E-state index contributed by atoms with van der Waals surface area (Å²) in [6, 6.07) is 1.13. The predicted octanol–water partition coefficient (Wildman–Crippen LogP) is 3.27. The summed E-state index contributed by atoms with van der Waals surface area (Å²) in [6.45, 7) is 4.79. The van der Waals surface area contributed by atoms with E-state index in [0.717, 1.165) is 18.9 Å². The second-order valence-electron chi connectivity index (χ2n) is 8.09. The standard InChI is InChI=1S/C20H23FN4O5.C2H6/c1-30-18-15-12(17(26)13(19(27)28)9-25(15)11-2-3-11)8-14(21)16(18)24-6-4-20(22,5-7-24)10-23-29;1-2/h8-9,11H,2-7,10,22H2,1H3,(H,27,28);1-2H3. The van der Waals surface area contributed by atoms with Gasteiger partial charge in [0.25, 0.3) is 0 Å². The number of hydrogen-bond acceptors (Lipinski definition) is 7. The zero-order valence-electron chi connectivity index (χ0n) is 18.6. The Kier molecular flexibility index (Phi) is 6.82. The van der Waals surface area contributed by atoms with Crippen LogP contribution in [0.25, 0.3) is 10.9 Å². The number of carboxylic acid groups (broad SMARTS) is 1. The molecule has 2 aromatic rings. The van der Waals surface area contributed by atoms with Gasteiger partial charge in [0.15, 0.2) is 11.6 Å². The molecule has 174 valence electrons. The van der Waals surface area contributed by atoms with E-state index in [4.69, 9.17) is 10.5 Å². The predicted molar refractivity (Wildman–Crippen MR) is 120 cm³/mol. The van der Waals surface area contributed by atoms with Crippen molar-refractivity contribution in [2.75, 3.05) is 31.6 Å². The van der Waals surface area contributed by atoms with E-state index in [-0.39, 0.29) is 29.4 Å². The first-order valence-electron chi connectivity index (χ1n) is 10.8. The summed E-state index contributed by atoms with van der Waals surface area (Å²) in [5.74, 6) is -1.82. The lowest BCUT2D eigenvalue weighted by atomic mass is 9.88. The second-order valence-corrected chi connectivity index (χ2v) is 8.09. The molecule has 10 heteroatoms. The molecule has 1 aliphatic heterocycles. The Hall–Kier alpha value is -3.01. The van der Waals surface area contributed by atoms with Crippen LogP contribution in [0.15, 0.2) is 22.2 Å². The van der Waals surface area contributed by atoms with Gasteiger partial charge in [-0.15, -0.1) is 0 Å². The Morgan fingerprint density at radius 3 is 2.47 bits per heavy atom. The van der Waals surface area contributed by atoms with Crippen LogP contribution in [0, 0.1) is 10.7 Å². The molecule has 0 spiro atoms. The number of aromatic carboxylic acids is 1. The van der Waals surface area contributed by atoms with Gasteiger partial charge in [-0.2, -0.15) is 4.91 Å². The van der Waals surface area contributed by atoms with Gasteiger partial charge >= 0.3 is 5.97 Å². The largest absolute Gasteiger partial charge is 0.492 e. The van der Waals surface area contributed by atoms with Crippen molar-refractivity contribution in [3.63, 3.8) is 0 Å². The first kappa shape index (κ1) is 23.6. The number of nitroso groups, excluding NO2 is 1. The van der Waals surface area contributed by atoms with Gasteiger partial charge in [-0.25, -0.2) is 9.18 Å². The molecular formula is C22H29FN4O5. The van der Waals surface area contributed by atoms with E-state index in [0.29, 0.717) is 31.4 Å². The maximum Gasteiger partial charge on any atom is 0.341 e. The van der Waals surface area contributed by atoms with Crippen molar-refractivity contribution in [2.45, 2.75) is 51.1 Å². The van der Waals surface area contributed by atoms with Crippen molar-refractivity contribution < 1.29 is 19.0 Å². The lowest BCUT2D eigenvalue weighted by Crippen LogP contribution is -2.52. The molecule has 1 aromatic carbocycles. The van der Waals surface area contributed by atoms with Gasteiger partial charge in [0.2, 0.25) is 5.43 Å². The summed E-state index contributed by atoms with van der Waals surface area (Å²) in [6.07, 6.45) is 3.90. The van der Waals surface area contributed by atoms with E-state index in [1.807, 2.05) is 13.8 Å². The number of fused-ring (bicyclic) bond motifs is 1. The summed E-state index contributed by atoms with van der Waals surface area (Å²) in [4.78, 5) is 36.7. The van der Waals surface area contributed by atoms with Crippen molar-refractivity contribution in [3.05, 3.63) is 38.8 Å². The minimum Gasteiger partial charge on any atom is -0.492 e. The molecule has 0 radical (unpaired) electrons. The fraction of sp³-hybridized carbons (Fsp3) is 0.545. The van der Waals surface area contributed by atoms with Crippen LogP contribution in [0.5, 0.6) is 5.75 Å². The molecule has 2 aliphatic rings. The Morgan fingerprint density at radius 2 is 1.97 bits per heavy atom. The number of anilines is 1. The molecule has 9 nitrogen and oxygen atoms in total. The third-order valence-electron chi connectivity index (χ3n) is 6.03. The highest BCUT2D eigenvalue weighted by Crippen LogP contribution is 2.44. The molecule has 0 amide bonds. The van der Waals surface area contributed by atoms with Crippen molar-refractivity contribution >= 4 is 22.6 Å². The number of carbonyl (C=O) groups is 1. The Labute approximate surface area is 184 Å². The van der Waals surface area contributed by atoms with Crippen LogP contribution in [0.4, 0.5) is 10.1 Å². The number of carboxylic acids is 1. The topological polar surface area (TPSA) is 127 Å².